The zero-order valence-electron chi connectivity index (χ0n) is 11.4. The van der Waals surface area contributed by atoms with Gasteiger partial charge in [-0.15, -0.1) is 12.4 Å². The maximum atomic E-state index is 12.7. The van der Waals surface area contributed by atoms with Crippen LogP contribution in [-0.2, 0) is 10.0 Å². The second kappa shape index (κ2) is 6.29. The molecule has 2 aliphatic rings. The van der Waals surface area contributed by atoms with Crippen LogP contribution in [0.4, 0.5) is 5.69 Å². The summed E-state index contributed by atoms with van der Waals surface area (Å²) in [6.45, 7) is 2.36. The molecule has 0 unspecified atom stereocenters. The van der Waals surface area contributed by atoms with Gasteiger partial charge in [0.25, 0.3) is 5.69 Å². The molecule has 0 spiro atoms. The lowest BCUT2D eigenvalue weighted by Gasteiger charge is -2.17. The SMILES string of the molecule is Cl.O=[N+]([O-])c1ccc(Cl)cc1S(=O)(=O)N1C[C@H]2CNC[C@H]2C1. The summed E-state index contributed by atoms with van der Waals surface area (Å²) in [7, 11) is -3.90. The number of halogens is 2. The Labute approximate surface area is 139 Å². The first-order chi connectivity index (χ1) is 9.89. The van der Waals surface area contributed by atoms with Crippen LogP contribution >= 0.6 is 24.0 Å². The third-order valence-corrected chi connectivity index (χ3v) is 6.19. The van der Waals surface area contributed by atoms with E-state index < -0.39 is 20.6 Å². The molecule has 2 fully saturated rings. The Morgan fingerprint density at radius 3 is 2.41 bits per heavy atom. The topological polar surface area (TPSA) is 92.5 Å². The number of hydrogen-bond acceptors (Lipinski definition) is 5. The number of hydrogen-bond donors (Lipinski definition) is 1. The normalized spacial score (nSPS) is 24.8. The third-order valence-electron chi connectivity index (χ3n) is 4.09. The van der Waals surface area contributed by atoms with Gasteiger partial charge >= 0.3 is 0 Å². The van der Waals surface area contributed by atoms with Gasteiger partial charge in [-0.2, -0.15) is 4.31 Å². The monoisotopic (exact) mass is 367 g/mol. The summed E-state index contributed by atoms with van der Waals surface area (Å²) < 4.78 is 26.7. The third kappa shape index (κ3) is 2.93. The highest BCUT2D eigenvalue weighted by Crippen LogP contribution is 2.34. The molecule has 1 N–H and O–H groups in total. The van der Waals surface area contributed by atoms with E-state index in [0.717, 1.165) is 25.2 Å². The minimum absolute atomic E-state index is 0. The fourth-order valence-electron chi connectivity index (χ4n) is 2.99. The zero-order valence-corrected chi connectivity index (χ0v) is 13.8. The minimum Gasteiger partial charge on any atom is -0.316 e. The van der Waals surface area contributed by atoms with E-state index in [1.165, 1.54) is 10.4 Å². The highest BCUT2D eigenvalue weighted by atomic mass is 35.5. The van der Waals surface area contributed by atoms with E-state index in [9.17, 15) is 18.5 Å². The van der Waals surface area contributed by atoms with Crippen molar-refractivity contribution in [2.24, 2.45) is 11.8 Å². The Bertz CT molecular complexity index is 686. The summed E-state index contributed by atoms with van der Waals surface area (Å²) in [6, 6.07) is 3.61. The lowest BCUT2D eigenvalue weighted by Crippen LogP contribution is -2.32. The van der Waals surface area contributed by atoms with E-state index in [0.29, 0.717) is 13.1 Å². The molecule has 10 heteroatoms. The summed E-state index contributed by atoms with van der Waals surface area (Å²) >= 11 is 5.81. The number of benzene rings is 1. The molecule has 3 rings (SSSR count). The molecule has 1 aromatic carbocycles. The van der Waals surface area contributed by atoms with Crippen LogP contribution in [0, 0.1) is 22.0 Å². The number of fused-ring (bicyclic) bond motifs is 1. The molecule has 1 aromatic rings. The second-order valence-corrected chi connectivity index (χ2v) is 7.71. The molecule has 0 bridgehead atoms. The second-order valence-electron chi connectivity index (χ2n) is 5.37. The van der Waals surface area contributed by atoms with E-state index in [-0.39, 0.29) is 34.2 Å². The fourth-order valence-corrected chi connectivity index (χ4v) is 4.97. The van der Waals surface area contributed by atoms with Crippen LogP contribution in [-0.4, -0.2) is 43.8 Å². The molecule has 122 valence electrons. The van der Waals surface area contributed by atoms with Gasteiger partial charge in [0.05, 0.1) is 4.92 Å². The number of nitro groups is 1. The number of nitrogens with one attached hydrogen (secondary N) is 1. The van der Waals surface area contributed by atoms with Gasteiger partial charge in [-0.3, -0.25) is 10.1 Å². The summed E-state index contributed by atoms with van der Waals surface area (Å²) in [5.41, 5.74) is -0.436. The zero-order chi connectivity index (χ0) is 15.2. The molecule has 2 saturated heterocycles. The maximum Gasteiger partial charge on any atom is 0.289 e. The van der Waals surface area contributed by atoms with Crippen LogP contribution in [0.1, 0.15) is 0 Å². The maximum absolute atomic E-state index is 12.7. The lowest BCUT2D eigenvalue weighted by atomic mass is 10.0. The molecular formula is C12H15Cl2N3O4S. The average molecular weight is 368 g/mol. The Morgan fingerprint density at radius 1 is 1.27 bits per heavy atom. The van der Waals surface area contributed by atoms with E-state index in [2.05, 4.69) is 5.32 Å². The van der Waals surface area contributed by atoms with E-state index >= 15 is 0 Å². The van der Waals surface area contributed by atoms with Gasteiger partial charge in [-0.05, 0) is 37.1 Å². The molecule has 0 aliphatic carbocycles. The van der Waals surface area contributed by atoms with Crippen LogP contribution in [0.5, 0.6) is 0 Å². The highest BCUT2D eigenvalue weighted by Gasteiger charge is 2.43. The van der Waals surface area contributed by atoms with Gasteiger partial charge < -0.3 is 5.32 Å². The van der Waals surface area contributed by atoms with Gasteiger partial charge in [0.15, 0.2) is 4.90 Å². The summed E-state index contributed by atoms with van der Waals surface area (Å²) in [6.07, 6.45) is 0. The molecule has 0 aromatic heterocycles. The Balaban J connectivity index is 0.00000176. The van der Waals surface area contributed by atoms with Crippen LogP contribution < -0.4 is 5.32 Å². The van der Waals surface area contributed by atoms with Crippen LogP contribution in [0.25, 0.3) is 0 Å². The summed E-state index contributed by atoms with van der Waals surface area (Å²) in [5.74, 6) is 0.552. The Morgan fingerprint density at radius 2 is 1.86 bits per heavy atom. The smallest absolute Gasteiger partial charge is 0.289 e. The van der Waals surface area contributed by atoms with E-state index in [4.69, 9.17) is 11.6 Å². The minimum atomic E-state index is -3.90. The molecule has 2 atom stereocenters. The first-order valence-electron chi connectivity index (χ1n) is 6.54. The number of nitro benzene ring substituents is 1. The largest absolute Gasteiger partial charge is 0.316 e. The summed E-state index contributed by atoms with van der Waals surface area (Å²) in [4.78, 5) is 10.0. The quantitative estimate of drug-likeness (QED) is 0.645. The first kappa shape index (κ1) is 17.4. The van der Waals surface area contributed by atoms with Crippen LogP contribution in [0.15, 0.2) is 23.1 Å². The van der Waals surface area contributed by atoms with Crippen molar-refractivity contribution in [2.75, 3.05) is 26.2 Å². The van der Waals surface area contributed by atoms with Gasteiger partial charge in [0.2, 0.25) is 10.0 Å². The standard InChI is InChI=1S/C12H14ClN3O4S.ClH/c13-10-1-2-11(16(17)18)12(3-10)21(19,20)15-6-8-4-14-5-9(8)7-15;/h1-3,8-9,14H,4-7H2;1H/t8-,9+;. The number of rotatable bonds is 3. The van der Waals surface area contributed by atoms with Crippen molar-refractivity contribution in [2.45, 2.75) is 4.90 Å². The Kier molecular flexibility index (Phi) is 4.98. The molecule has 7 nitrogen and oxygen atoms in total. The Hall–Kier alpha value is -0.930. The lowest BCUT2D eigenvalue weighted by molar-refractivity contribution is -0.387. The van der Waals surface area contributed by atoms with Crippen molar-refractivity contribution in [1.29, 1.82) is 0 Å². The number of nitrogens with zero attached hydrogens (tertiary/aromatic N) is 2. The highest BCUT2D eigenvalue weighted by molar-refractivity contribution is 7.89. The molecule has 0 radical (unpaired) electrons. The molecule has 2 aliphatic heterocycles. The van der Waals surface area contributed by atoms with Crippen LogP contribution in [0.2, 0.25) is 5.02 Å². The van der Waals surface area contributed by atoms with Gasteiger partial charge in [-0.25, -0.2) is 8.42 Å². The predicted molar refractivity (Wildman–Crippen MR) is 84.0 cm³/mol. The van der Waals surface area contributed by atoms with Gasteiger partial charge in [-0.1, -0.05) is 11.6 Å². The number of sulfonamides is 1. The van der Waals surface area contributed by atoms with Gasteiger partial charge in [0.1, 0.15) is 0 Å². The fraction of sp³-hybridized carbons (Fsp3) is 0.500. The van der Waals surface area contributed by atoms with E-state index in [1.54, 1.807) is 0 Å². The van der Waals surface area contributed by atoms with Crippen molar-refractivity contribution in [3.8, 4) is 0 Å². The van der Waals surface area contributed by atoms with E-state index in [1.807, 2.05) is 0 Å². The molecule has 2 heterocycles. The first-order valence-corrected chi connectivity index (χ1v) is 8.36. The predicted octanol–water partition coefficient (Wildman–Crippen LogP) is 1.51. The van der Waals surface area contributed by atoms with Crippen molar-refractivity contribution in [1.82, 2.24) is 9.62 Å². The van der Waals surface area contributed by atoms with Crippen LogP contribution in [0.3, 0.4) is 0 Å². The molecule has 0 saturated carbocycles. The molecule has 0 amide bonds. The average Bonchev–Trinajstić information content (AvgIpc) is 2.98. The van der Waals surface area contributed by atoms with Crippen molar-refractivity contribution >= 4 is 39.7 Å². The van der Waals surface area contributed by atoms with Crippen molar-refractivity contribution < 1.29 is 13.3 Å². The van der Waals surface area contributed by atoms with Gasteiger partial charge in [0, 0.05) is 24.2 Å². The van der Waals surface area contributed by atoms with Crippen molar-refractivity contribution in [3.63, 3.8) is 0 Å². The summed E-state index contributed by atoms with van der Waals surface area (Å²) in [5, 5.41) is 14.5. The van der Waals surface area contributed by atoms with Crippen molar-refractivity contribution in [3.05, 3.63) is 33.3 Å². The molecular weight excluding hydrogens is 353 g/mol. The molecule has 22 heavy (non-hydrogen) atoms.